The van der Waals surface area contributed by atoms with Crippen LogP contribution in [0.4, 0.5) is 5.69 Å². The summed E-state index contributed by atoms with van der Waals surface area (Å²) in [6, 6.07) is 15.4. The largest absolute Gasteiger partial charge is 0.401 e. The van der Waals surface area contributed by atoms with Crippen molar-refractivity contribution in [1.29, 1.82) is 0 Å². The summed E-state index contributed by atoms with van der Waals surface area (Å²) in [7, 11) is 0. The van der Waals surface area contributed by atoms with E-state index in [1.54, 1.807) is 5.01 Å². The van der Waals surface area contributed by atoms with E-state index in [2.05, 4.69) is 54.4 Å². The fraction of sp³-hybridized carbons (Fsp3) is 0.407. The van der Waals surface area contributed by atoms with E-state index >= 15 is 0 Å². The molecule has 2 unspecified atom stereocenters. The number of benzene rings is 2. The second kappa shape index (κ2) is 10.2. The molecule has 33 heavy (non-hydrogen) atoms. The standard InChI is InChI=1S/C27H36ClN5/c1-4-18(2)32-13-10-20(11-14-32)21-8-9-24-25(16-21)26(12-15-33(30)27(24)19(3)29)31-23-7-5-6-22(28)17-23/h5-10,16-18,26,31H,4,11-15,29-30H2,1-3H3/b27-19-. The third kappa shape index (κ3) is 5.21. The Balaban J connectivity index is 1.72. The van der Waals surface area contributed by atoms with Gasteiger partial charge in [-0.15, -0.1) is 0 Å². The zero-order valence-electron chi connectivity index (χ0n) is 19.9. The maximum absolute atomic E-state index is 6.44. The average molecular weight is 466 g/mol. The lowest BCUT2D eigenvalue weighted by molar-refractivity contribution is 0.225. The minimum absolute atomic E-state index is 0.0992. The zero-order valence-corrected chi connectivity index (χ0v) is 20.7. The Morgan fingerprint density at radius 2 is 2.03 bits per heavy atom. The van der Waals surface area contributed by atoms with Crippen LogP contribution in [0.5, 0.6) is 0 Å². The van der Waals surface area contributed by atoms with Crippen LogP contribution in [-0.4, -0.2) is 35.6 Å². The third-order valence-corrected chi connectivity index (χ3v) is 7.23. The minimum Gasteiger partial charge on any atom is -0.401 e. The highest BCUT2D eigenvalue weighted by Gasteiger charge is 2.27. The number of hydrogen-bond acceptors (Lipinski definition) is 5. The van der Waals surface area contributed by atoms with E-state index in [4.69, 9.17) is 23.2 Å². The van der Waals surface area contributed by atoms with Crippen molar-refractivity contribution < 1.29 is 0 Å². The van der Waals surface area contributed by atoms with Crippen molar-refractivity contribution in [1.82, 2.24) is 9.91 Å². The number of nitrogens with two attached hydrogens (primary N) is 2. The second-order valence-corrected chi connectivity index (χ2v) is 9.69. The molecule has 0 aliphatic carbocycles. The summed E-state index contributed by atoms with van der Waals surface area (Å²) in [5.74, 6) is 6.44. The SMILES string of the molecule is CCC(C)N1CC=C(c2ccc3c(c2)C(Nc2cccc(Cl)c2)CCN(N)/C3=C(/C)N)CC1. The van der Waals surface area contributed by atoms with Crippen LogP contribution in [0.2, 0.25) is 5.02 Å². The number of hydrogen-bond donors (Lipinski definition) is 3. The second-order valence-electron chi connectivity index (χ2n) is 9.25. The van der Waals surface area contributed by atoms with Gasteiger partial charge in [-0.25, -0.2) is 5.84 Å². The summed E-state index contributed by atoms with van der Waals surface area (Å²) in [5, 5.41) is 6.21. The molecule has 4 rings (SSSR count). The van der Waals surface area contributed by atoms with Gasteiger partial charge >= 0.3 is 0 Å². The Bertz CT molecular complexity index is 1060. The van der Waals surface area contributed by atoms with Crippen molar-refractivity contribution in [2.45, 2.75) is 52.1 Å². The van der Waals surface area contributed by atoms with Crippen molar-refractivity contribution >= 4 is 28.6 Å². The monoisotopic (exact) mass is 465 g/mol. The summed E-state index contributed by atoms with van der Waals surface area (Å²) in [4.78, 5) is 2.56. The molecule has 0 saturated heterocycles. The van der Waals surface area contributed by atoms with Crippen LogP contribution in [0.3, 0.4) is 0 Å². The first-order valence-corrected chi connectivity index (χ1v) is 12.3. The predicted octanol–water partition coefficient (Wildman–Crippen LogP) is 5.61. The molecule has 0 amide bonds. The van der Waals surface area contributed by atoms with Crippen LogP contribution in [0.1, 0.15) is 62.8 Å². The van der Waals surface area contributed by atoms with E-state index < -0.39 is 0 Å². The Morgan fingerprint density at radius 3 is 2.70 bits per heavy atom. The van der Waals surface area contributed by atoms with Gasteiger partial charge in [0, 0.05) is 47.6 Å². The highest BCUT2D eigenvalue weighted by atomic mass is 35.5. The molecule has 2 aliphatic heterocycles. The van der Waals surface area contributed by atoms with Crippen LogP contribution in [0.25, 0.3) is 11.3 Å². The van der Waals surface area contributed by atoms with Gasteiger partial charge in [-0.05, 0) is 74.1 Å². The smallest absolute Gasteiger partial charge is 0.0777 e. The summed E-state index contributed by atoms with van der Waals surface area (Å²) >= 11 is 6.25. The molecule has 2 aliphatic rings. The molecule has 0 radical (unpaired) electrons. The maximum atomic E-state index is 6.44. The Morgan fingerprint density at radius 1 is 1.21 bits per heavy atom. The minimum atomic E-state index is 0.0992. The van der Waals surface area contributed by atoms with Crippen molar-refractivity contribution in [2.24, 2.45) is 11.6 Å². The van der Waals surface area contributed by atoms with E-state index in [-0.39, 0.29) is 6.04 Å². The molecule has 5 nitrogen and oxygen atoms in total. The third-order valence-electron chi connectivity index (χ3n) is 6.99. The molecule has 2 aromatic carbocycles. The number of hydrazine groups is 1. The summed E-state index contributed by atoms with van der Waals surface area (Å²) in [5.41, 5.74) is 14.0. The topological polar surface area (TPSA) is 70.5 Å². The lowest BCUT2D eigenvalue weighted by Gasteiger charge is -2.31. The molecule has 2 aromatic rings. The summed E-state index contributed by atoms with van der Waals surface area (Å²) in [6.45, 7) is 9.31. The van der Waals surface area contributed by atoms with Crippen LogP contribution in [-0.2, 0) is 0 Å². The zero-order chi connectivity index (χ0) is 23.5. The average Bonchev–Trinajstić information content (AvgIpc) is 2.94. The fourth-order valence-corrected chi connectivity index (χ4v) is 5.12. The molecule has 176 valence electrons. The molecular formula is C27H36ClN5. The van der Waals surface area contributed by atoms with Gasteiger partial charge in [-0.3, -0.25) is 4.90 Å². The van der Waals surface area contributed by atoms with Crippen LogP contribution in [0, 0.1) is 0 Å². The van der Waals surface area contributed by atoms with E-state index in [1.165, 1.54) is 23.1 Å². The molecule has 6 heteroatoms. The fourth-order valence-electron chi connectivity index (χ4n) is 4.93. The number of anilines is 1. The van der Waals surface area contributed by atoms with Gasteiger partial charge in [-0.2, -0.15) is 0 Å². The number of nitrogens with one attached hydrogen (secondary N) is 1. The van der Waals surface area contributed by atoms with Crippen molar-refractivity contribution in [2.75, 3.05) is 25.0 Å². The summed E-state index contributed by atoms with van der Waals surface area (Å²) < 4.78 is 0. The molecular weight excluding hydrogens is 430 g/mol. The number of fused-ring (bicyclic) bond motifs is 1. The van der Waals surface area contributed by atoms with Gasteiger partial charge in [-0.1, -0.05) is 42.8 Å². The molecule has 0 spiro atoms. The van der Waals surface area contributed by atoms with E-state index in [1.807, 2.05) is 25.1 Å². The van der Waals surface area contributed by atoms with E-state index in [0.717, 1.165) is 53.6 Å². The first-order chi connectivity index (χ1) is 15.9. The highest BCUT2D eigenvalue weighted by Crippen LogP contribution is 2.37. The molecule has 0 saturated carbocycles. The quantitative estimate of drug-likeness (QED) is 0.501. The van der Waals surface area contributed by atoms with Gasteiger partial charge in [0.15, 0.2) is 0 Å². The number of halogens is 1. The molecule has 0 bridgehead atoms. The van der Waals surface area contributed by atoms with Crippen LogP contribution < -0.4 is 16.9 Å². The molecule has 0 aromatic heterocycles. The predicted molar refractivity (Wildman–Crippen MR) is 140 cm³/mol. The highest BCUT2D eigenvalue weighted by molar-refractivity contribution is 6.30. The first-order valence-electron chi connectivity index (χ1n) is 12.0. The van der Waals surface area contributed by atoms with E-state index in [9.17, 15) is 0 Å². The Kier molecular flexibility index (Phi) is 7.32. The normalized spacial score (nSPS) is 21.7. The lowest BCUT2D eigenvalue weighted by atomic mass is 9.90. The van der Waals surface area contributed by atoms with Crippen molar-refractivity contribution in [3.63, 3.8) is 0 Å². The molecule has 2 heterocycles. The molecule has 5 N–H and O–H groups in total. The van der Waals surface area contributed by atoms with Crippen molar-refractivity contribution in [3.8, 4) is 0 Å². The maximum Gasteiger partial charge on any atom is 0.0777 e. The number of allylic oxidation sites excluding steroid dienone is 1. The Hall–Kier alpha value is -2.47. The summed E-state index contributed by atoms with van der Waals surface area (Å²) in [6.07, 6.45) is 5.50. The number of nitrogens with zero attached hydrogens (tertiary/aromatic N) is 2. The number of rotatable bonds is 5. The first kappa shape index (κ1) is 23.7. The molecule has 2 atom stereocenters. The van der Waals surface area contributed by atoms with Gasteiger partial charge in [0.1, 0.15) is 0 Å². The Labute approximate surface area is 203 Å². The van der Waals surface area contributed by atoms with Gasteiger partial charge in [0.05, 0.1) is 11.7 Å². The van der Waals surface area contributed by atoms with Gasteiger partial charge in [0.2, 0.25) is 0 Å². The van der Waals surface area contributed by atoms with Crippen LogP contribution >= 0.6 is 11.6 Å². The lowest BCUT2D eigenvalue weighted by Crippen LogP contribution is -2.36. The van der Waals surface area contributed by atoms with Gasteiger partial charge < -0.3 is 16.1 Å². The van der Waals surface area contributed by atoms with E-state index in [0.29, 0.717) is 12.6 Å². The van der Waals surface area contributed by atoms with Crippen LogP contribution in [0.15, 0.2) is 54.2 Å². The van der Waals surface area contributed by atoms with Gasteiger partial charge in [0.25, 0.3) is 0 Å². The molecule has 0 fully saturated rings. The van der Waals surface area contributed by atoms with Crippen molar-refractivity contribution in [3.05, 3.63) is 76.0 Å².